The van der Waals surface area contributed by atoms with E-state index in [4.69, 9.17) is 0 Å². The molecule has 0 radical (unpaired) electrons. The fourth-order valence-corrected chi connectivity index (χ4v) is 3.30. The maximum atomic E-state index is 10.3. The number of nitrogens with zero attached hydrogens (tertiary/aromatic N) is 4. The van der Waals surface area contributed by atoms with Crippen LogP contribution in [0.1, 0.15) is 32.5 Å². The molecule has 1 fully saturated rings. The Morgan fingerprint density at radius 1 is 1.44 bits per heavy atom. The molecule has 1 saturated carbocycles. The van der Waals surface area contributed by atoms with Crippen LogP contribution in [0.5, 0.6) is 0 Å². The molecule has 1 N–H and O–H groups in total. The van der Waals surface area contributed by atoms with Crippen molar-refractivity contribution < 1.29 is 5.11 Å². The summed E-state index contributed by atoms with van der Waals surface area (Å²) in [5.41, 5.74) is 0.0838. The molecule has 1 aromatic heterocycles. The van der Waals surface area contributed by atoms with Crippen LogP contribution in [0.3, 0.4) is 0 Å². The Morgan fingerprint density at radius 2 is 2.28 bits per heavy atom. The lowest BCUT2D eigenvalue weighted by atomic mass is 9.87. The van der Waals surface area contributed by atoms with Gasteiger partial charge in [-0.05, 0) is 24.2 Å². The van der Waals surface area contributed by atoms with Crippen LogP contribution in [0.4, 0.5) is 0 Å². The van der Waals surface area contributed by atoms with Gasteiger partial charge in [-0.2, -0.15) is 0 Å². The van der Waals surface area contributed by atoms with E-state index < -0.39 is 0 Å². The van der Waals surface area contributed by atoms with Crippen LogP contribution in [0, 0.1) is 11.3 Å². The van der Waals surface area contributed by atoms with Gasteiger partial charge < -0.3 is 9.67 Å². The quantitative estimate of drug-likeness (QED) is 0.847. The first-order valence-corrected chi connectivity index (χ1v) is 6.83. The number of aliphatic hydroxyl groups is 1. The Morgan fingerprint density at radius 3 is 3.00 bits per heavy atom. The van der Waals surface area contributed by atoms with Gasteiger partial charge >= 0.3 is 0 Å². The summed E-state index contributed by atoms with van der Waals surface area (Å²) < 4.78 is 2.12. The van der Waals surface area contributed by atoms with Gasteiger partial charge in [0.15, 0.2) is 0 Å². The maximum Gasteiger partial charge on any atom is 0.147 e. The smallest absolute Gasteiger partial charge is 0.147 e. The fraction of sp³-hybridized carbons (Fsp3) is 0.846. The molecular formula is C13H22N4O. The third-order valence-electron chi connectivity index (χ3n) is 4.62. The minimum Gasteiger partial charge on any atom is -0.392 e. The molecule has 1 aromatic rings. The lowest BCUT2D eigenvalue weighted by Gasteiger charge is -2.32. The van der Waals surface area contributed by atoms with Crippen molar-refractivity contribution in [3.63, 3.8) is 0 Å². The van der Waals surface area contributed by atoms with Crippen molar-refractivity contribution in [3.05, 3.63) is 12.2 Å². The lowest BCUT2D eigenvalue weighted by molar-refractivity contribution is 0.0288. The molecule has 1 aliphatic heterocycles. The highest BCUT2D eigenvalue weighted by Gasteiger charge is 2.41. The highest BCUT2D eigenvalue weighted by molar-refractivity contribution is 4.95. The molecule has 2 unspecified atom stereocenters. The molecule has 5 heteroatoms. The molecule has 0 bridgehead atoms. The third-order valence-corrected chi connectivity index (χ3v) is 4.62. The molecule has 3 rings (SSSR count). The number of hydrogen-bond donors (Lipinski definition) is 1. The SMILES string of the molecule is CC1(C)CCC(CN2CCn3cnnc3C2)C1O. The van der Waals surface area contributed by atoms with Crippen LogP contribution in [-0.4, -0.2) is 44.0 Å². The second-order valence-electron chi connectivity index (χ2n) is 6.41. The molecule has 0 amide bonds. The van der Waals surface area contributed by atoms with E-state index in [1.165, 1.54) is 0 Å². The van der Waals surface area contributed by atoms with Gasteiger partial charge in [0, 0.05) is 19.6 Å². The van der Waals surface area contributed by atoms with E-state index in [-0.39, 0.29) is 11.5 Å². The van der Waals surface area contributed by atoms with Crippen molar-refractivity contribution in [3.8, 4) is 0 Å². The lowest BCUT2D eigenvalue weighted by Crippen LogP contribution is -2.40. The number of aromatic nitrogens is 3. The molecule has 18 heavy (non-hydrogen) atoms. The molecule has 5 nitrogen and oxygen atoms in total. The first-order chi connectivity index (χ1) is 8.56. The Balaban J connectivity index is 1.62. The van der Waals surface area contributed by atoms with Gasteiger partial charge in [0.2, 0.25) is 0 Å². The highest BCUT2D eigenvalue weighted by Crippen LogP contribution is 2.41. The van der Waals surface area contributed by atoms with E-state index in [0.29, 0.717) is 5.92 Å². The predicted molar refractivity (Wildman–Crippen MR) is 67.8 cm³/mol. The average Bonchev–Trinajstić information content (AvgIpc) is 2.89. The zero-order valence-corrected chi connectivity index (χ0v) is 11.2. The fourth-order valence-electron chi connectivity index (χ4n) is 3.30. The van der Waals surface area contributed by atoms with E-state index in [9.17, 15) is 5.11 Å². The third kappa shape index (κ3) is 2.06. The Hall–Kier alpha value is -0.940. The minimum atomic E-state index is -0.169. The van der Waals surface area contributed by atoms with Crippen molar-refractivity contribution in [2.24, 2.45) is 11.3 Å². The first kappa shape index (κ1) is 12.1. The van der Waals surface area contributed by atoms with Gasteiger partial charge in [-0.3, -0.25) is 4.90 Å². The van der Waals surface area contributed by atoms with Crippen LogP contribution in [0.15, 0.2) is 6.33 Å². The standard InChI is InChI=1S/C13H22N4O/c1-13(2)4-3-10(12(13)18)7-16-5-6-17-9-14-15-11(17)8-16/h9-10,12,18H,3-8H2,1-2H3. The van der Waals surface area contributed by atoms with Gasteiger partial charge in [-0.15, -0.1) is 10.2 Å². The Kier molecular flexibility index (Phi) is 2.90. The second-order valence-corrected chi connectivity index (χ2v) is 6.41. The average molecular weight is 250 g/mol. The van der Waals surface area contributed by atoms with E-state index in [0.717, 1.165) is 44.8 Å². The molecule has 0 spiro atoms. The summed E-state index contributed by atoms with van der Waals surface area (Å²) in [6.45, 7) is 8.19. The van der Waals surface area contributed by atoms with Gasteiger partial charge in [-0.25, -0.2) is 0 Å². The maximum absolute atomic E-state index is 10.3. The number of fused-ring (bicyclic) bond motifs is 1. The normalized spacial score (nSPS) is 31.5. The number of rotatable bonds is 2. The number of aliphatic hydroxyl groups excluding tert-OH is 1. The predicted octanol–water partition coefficient (Wildman–Crippen LogP) is 0.891. The van der Waals surface area contributed by atoms with Crippen molar-refractivity contribution in [1.82, 2.24) is 19.7 Å². The van der Waals surface area contributed by atoms with Crippen LogP contribution in [-0.2, 0) is 13.1 Å². The summed E-state index contributed by atoms with van der Waals surface area (Å²) in [5, 5.41) is 18.4. The summed E-state index contributed by atoms with van der Waals surface area (Å²) in [6.07, 6.45) is 3.90. The van der Waals surface area contributed by atoms with E-state index in [1.54, 1.807) is 6.33 Å². The van der Waals surface area contributed by atoms with Crippen molar-refractivity contribution in [2.75, 3.05) is 13.1 Å². The monoisotopic (exact) mass is 250 g/mol. The van der Waals surface area contributed by atoms with Crippen LogP contribution in [0.25, 0.3) is 0 Å². The molecule has 1 aliphatic carbocycles. The number of hydrogen-bond acceptors (Lipinski definition) is 4. The minimum absolute atomic E-state index is 0.0838. The topological polar surface area (TPSA) is 54.2 Å². The summed E-state index contributed by atoms with van der Waals surface area (Å²) in [6, 6.07) is 0. The zero-order valence-electron chi connectivity index (χ0n) is 11.2. The Labute approximate surface area is 108 Å². The van der Waals surface area contributed by atoms with E-state index in [2.05, 4.69) is 33.5 Å². The molecule has 0 saturated heterocycles. The summed E-state index contributed by atoms with van der Waals surface area (Å²) in [4.78, 5) is 2.40. The van der Waals surface area contributed by atoms with Crippen molar-refractivity contribution in [2.45, 2.75) is 45.9 Å². The van der Waals surface area contributed by atoms with Gasteiger partial charge in [0.1, 0.15) is 12.2 Å². The van der Waals surface area contributed by atoms with Crippen LogP contribution < -0.4 is 0 Å². The van der Waals surface area contributed by atoms with Crippen LogP contribution >= 0.6 is 0 Å². The molecular weight excluding hydrogens is 228 g/mol. The van der Waals surface area contributed by atoms with Gasteiger partial charge in [0.05, 0.1) is 12.6 Å². The summed E-state index contributed by atoms with van der Waals surface area (Å²) in [5.74, 6) is 1.46. The van der Waals surface area contributed by atoms with Gasteiger partial charge in [-0.1, -0.05) is 13.8 Å². The van der Waals surface area contributed by atoms with Gasteiger partial charge in [0.25, 0.3) is 0 Å². The van der Waals surface area contributed by atoms with Crippen LogP contribution in [0.2, 0.25) is 0 Å². The van der Waals surface area contributed by atoms with Crippen molar-refractivity contribution >= 4 is 0 Å². The Bertz CT molecular complexity index is 428. The second kappa shape index (κ2) is 4.31. The summed E-state index contributed by atoms with van der Waals surface area (Å²) in [7, 11) is 0. The molecule has 0 aromatic carbocycles. The molecule has 2 heterocycles. The molecule has 2 atom stereocenters. The van der Waals surface area contributed by atoms with E-state index >= 15 is 0 Å². The highest BCUT2D eigenvalue weighted by atomic mass is 16.3. The zero-order chi connectivity index (χ0) is 12.8. The largest absolute Gasteiger partial charge is 0.392 e. The molecule has 2 aliphatic rings. The molecule has 100 valence electrons. The first-order valence-electron chi connectivity index (χ1n) is 6.83. The van der Waals surface area contributed by atoms with E-state index in [1.807, 2.05) is 0 Å². The van der Waals surface area contributed by atoms with Crippen molar-refractivity contribution in [1.29, 1.82) is 0 Å². The summed E-state index contributed by atoms with van der Waals surface area (Å²) >= 11 is 0.